The summed E-state index contributed by atoms with van der Waals surface area (Å²) in [6.45, 7) is 10.2. The average molecular weight is 200 g/mol. The fraction of sp³-hybridized carbons (Fsp3) is 0.917. The highest BCUT2D eigenvalue weighted by Crippen LogP contribution is 2.27. The van der Waals surface area contributed by atoms with Crippen molar-refractivity contribution in [1.82, 2.24) is 0 Å². The molecule has 0 aromatic carbocycles. The molecule has 0 aromatic heterocycles. The summed E-state index contributed by atoms with van der Waals surface area (Å²) >= 11 is 0. The number of carboxylic acid groups (broad SMARTS) is 1. The van der Waals surface area contributed by atoms with Crippen molar-refractivity contribution in [2.24, 2.45) is 10.8 Å². The molecule has 0 rings (SSSR count). The number of carbonyl (C=O) groups is 1. The highest BCUT2D eigenvalue weighted by atomic mass is 16.4. The van der Waals surface area contributed by atoms with Crippen molar-refractivity contribution >= 4 is 5.97 Å². The van der Waals surface area contributed by atoms with Crippen molar-refractivity contribution < 1.29 is 9.90 Å². The summed E-state index contributed by atoms with van der Waals surface area (Å²) in [6, 6.07) is 0. The lowest BCUT2D eigenvalue weighted by Gasteiger charge is -2.21. The lowest BCUT2D eigenvalue weighted by Crippen LogP contribution is -2.23. The standard InChI is InChI=1S/C12H24O2/c1-11(2,3)8-6-7-9-12(4,5)10(13)14/h6-9H2,1-5H3,(H,13,14). The average Bonchev–Trinajstić information content (AvgIpc) is 1.96. The van der Waals surface area contributed by atoms with Crippen molar-refractivity contribution in [3.05, 3.63) is 0 Å². The van der Waals surface area contributed by atoms with Crippen LogP contribution >= 0.6 is 0 Å². The maximum atomic E-state index is 10.8. The summed E-state index contributed by atoms with van der Waals surface area (Å²) in [6.07, 6.45) is 4.08. The highest BCUT2D eigenvalue weighted by molar-refractivity contribution is 5.73. The van der Waals surface area contributed by atoms with E-state index in [1.54, 1.807) is 13.8 Å². The molecule has 2 heteroatoms. The molecule has 1 N–H and O–H groups in total. The van der Waals surface area contributed by atoms with E-state index in [0.29, 0.717) is 5.41 Å². The van der Waals surface area contributed by atoms with Crippen LogP contribution in [0.1, 0.15) is 60.3 Å². The van der Waals surface area contributed by atoms with E-state index in [2.05, 4.69) is 20.8 Å². The summed E-state index contributed by atoms with van der Waals surface area (Å²) < 4.78 is 0. The molecule has 0 heterocycles. The predicted molar refractivity (Wildman–Crippen MR) is 59.3 cm³/mol. The molecule has 0 aliphatic carbocycles. The van der Waals surface area contributed by atoms with E-state index in [9.17, 15) is 4.79 Å². The third kappa shape index (κ3) is 6.01. The quantitative estimate of drug-likeness (QED) is 0.687. The third-order valence-corrected chi connectivity index (χ3v) is 2.56. The Hall–Kier alpha value is -0.530. The first-order valence-corrected chi connectivity index (χ1v) is 5.38. The van der Waals surface area contributed by atoms with Gasteiger partial charge in [-0.2, -0.15) is 0 Å². The van der Waals surface area contributed by atoms with Crippen LogP contribution in [-0.2, 0) is 4.79 Å². The van der Waals surface area contributed by atoms with Crippen LogP contribution in [0.5, 0.6) is 0 Å². The highest BCUT2D eigenvalue weighted by Gasteiger charge is 2.26. The van der Waals surface area contributed by atoms with Crippen LogP contribution in [0, 0.1) is 10.8 Å². The molecule has 0 saturated heterocycles. The Kier molecular flexibility index (Phi) is 4.63. The van der Waals surface area contributed by atoms with Crippen molar-refractivity contribution in [2.45, 2.75) is 60.3 Å². The van der Waals surface area contributed by atoms with Crippen molar-refractivity contribution in [3.63, 3.8) is 0 Å². The third-order valence-electron chi connectivity index (χ3n) is 2.56. The van der Waals surface area contributed by atoms with E-state index < -0.39 is 11.4 Å². The second kappa shape index (κ2) is 4.81. The Morgan fingerprint density at radius 2 is 1.43 bits per heavy atom. The van der Waals surface area contributed by atoms with Gasteiger partial charge in [0.1, 0.15) is 0 Å². The minimum atomic E-state index is -0.687. The molecule has 0 aliphatic heterocycles. The van der Waals surface area contributed by atoms with Gasteiger partial charge in [-0.25, -0.2) is 0 Å². The van der Waals surface area contributed by atoms with Gasteiger partial charge in [0.15, 0.2) is 0 Å². The topological polar surface area (TPSA) is 37.3 Å². The van der Waals surface area contributed by atoms with Crippen LogP contribution in [0.15, 0.2) is 0 Å². The van der Waals surface area contributed by atoms with Gasteiger partial charge in [-0.1, -0.05) is 33.6 Å². The van der Waals surface area contributed by atoms with E-state index >= 15 is 0 Å². The van der Waals surface area contributed by atoms with Crippen molar-refractivity contribution in [1.29, 1.82) is 0 Å². The zero-order valence-corrected chi connectivity index (χ0v) is 10.2. The first-order valence-electron chi connectivity index (χ1n) is 5.38. The van der Waals surface area contributed by atoms with Crippen LogP contribution in [0.4, 0.5) is 0 Å². The molecule has 0 bridgehead atoms. The van der Waals surface area contributed by atoms with E-state index in [-0.39, 0.29) is 0 Å². The Morgan fingerprint density at radius 1 is 1.00 bits per heavy atom. The number of aliphatic carboxylic acids is 1. The monoisotopic (exact) mass is 200 g/mol. The summed E-state index contributed by atoms with van der Waals surface area (Å²) in [7, 11) is 0. The van der Waals surface area contributed by atoms with Crippen molar-refractivity contribution in [3.8, 4) is 0 Å². The zero-order valence-electron chi connectivity index (χ0n) is 10.2. The fourth-order valence-electron chi connectivity index (χ4n) is 1.33. The predicted octanol–water partition coefficient (Wildman–Crippen LogP) is 3.70. The van der Waals surface area contributed by atoms with Gasteiger partial charge in [0.25, 0.3) is 0 Å². The van der Waals surface area contributed by atoms with Crippen LogP contribution in [-0.4, -0.2) is 11.1 Å². The molecule has 0 saturated carbocycles. The molecule has 0 aromatic rings. The Morgan fingerprint density at radius 3 is 1.79 bits per heavy atom. The molecule has 0 aliphatic rings. The second-order valence-electron chi connectivity index (χ2n) is 5.96. The van der Waals surface area contributed by atoms with Crippen LogP contribution in [0.25, 0.3) is 0 Å². The second-order valence-corrected chi connectivity index (χ2v) is 5.96. The summed E-state index contributed by atoms with van der Waals surface area (Å²) in [4.78, 5) is 10.8. The summed E-state index contributed by atoms with van der Waals surface area (Å²) in [5.74, 6) is -0.687. The van der Waals surface area contributed by atoms with Gasteiger partial charge in [0.05, 0.1) is 5.41 Å². The molecule has 2 nitrogen and oxygen atoms in total. The Bertz CT molecular complexity index is 187. The molecule has 0 atom stereocenters. The van der Waals surface area contributed by atoms with Gasteiger partial charge in [0, 0.05) is 0 Å². The number of rotatable bonds is 5. The largest absolute Gasteiger partial charge is 0.481 e. The lowest BCUT2D eigenvalue weighted by molar-refractivity contribution is -0.147. The van der Waals surface area contributed by atoms with Gasteiger partial charge < -0.3 is 5.11 Å². The Balaban J connectivity index is 3.70. The van der Waals surface area contributed by atoms with Crippen molar-refractivity contribution in [2.75, 3.05) is 0 Å². The maximum Gasteiger partial charge on any atom is 0.309 e. The maximum absolute atomic E-state index is 10.8. The van der Waals surface area contributed by atoms with Crippen LogP contribution < -0.4 is 0 Å². The molecule has 14 heavy (non-hydrogen) atoms. The molecule has 0 radical (unpaired) electrons. The van der Waals surface area contributed by atoms with Gasteiger partial charge in [-0.3, -0.25) is 4.79 Å². The van der Waals surface area contributed by atoms with E-state index in [1.807, 2.05) is 0 Å². The van der Waals surface area contributed by atoms with E-state index in [4.69, 9.17) is 5.11 Å². The molecule has 0 unspecified atom stereocenters. The van der Waals surface area contributed by atoms with Gasteiger partial charge in [0.2, 0.25) is 0 Å². The molecule has 84 valence electrons. The SMILES string of the molecule is CC(C)(C)CCCCC(C)(C)C(=O)O. The van der Waals surface area contributed by atoms with E-state index in [0.717, 1.165) is 19.3 Å². The fourth-order valence-corrected chi connectivity index (χ4v) is 1.33. The van der Waals surface area contributed by atoms with Gasteiger partial charge in [-0.05, 0) is 32.1 Å². The summed E-state index contributed by atoms with van der Waals surface area (Å²) in [5, 5.41) is 8.90. The first kappa shape index (κ1) is 13.5. The summed E-state index contributed by atoms with van der Waals surface area (Å²) in [5.41, 5.74) is -0.189. The number of hydrogen-bond acceptors (Lipinski definition) is 1. The first-order chi connectivity index (χ1) is 6.15. The number of unbranched alkanes of at least 4 members (excludes halogenated alkanes) is 1. The normalized spacial score (nSPS) is 12.9. The minimum absolute atomic E-state index is 0.368. The molecular formula is C12H24O2. The van der Waals surface area contributed by atoms with Gasteiger partial charge in [-0.15, -0.1) is 0 Å². The molecule has 0 amide bonds. The smallest absolute Gasteiger partial charge is 0.309 e. The van der Waals surface area contributed by atoms with Crippen LogP contribution in [0.3, 0.4) is 0 Å². The van der Waals surface area contributed by atoms with Gasteiger partial charge >= 0.3 is 5.97 Å². The zero-order chi connectivity index (χ0) is 11.4. The Labute approximate surface area is 87.7 Å². The molecule has 0 spiro atoms. The van der Waals surface area contributed by atoms with E-state index in [1.165, 1.54) is 6.42 Å². The lowest BCUT2D eigenvalue weighted by atomic mass is 9.84. The molecule has 0 fully saturated rings. The van der Waals surface area contributed by atoms with Crippen LogP contribution in [0.2, 0.25) is 0 Å². The molecular weight excluding hydrogens is 176 g/mol. The number of hydrogen-bond donors (Lipinski definition) is 1. The number of carboxylic acids is 1. The minimum Gasteiger partial charge on any atom is -0.481 e.